The summed E-state index contributed by atoms with van der Waals surface area (Å²) in [6.07, 6.45) is 0. The van der Waals surface area contributed by atoms with Crippen LogP contribution in [0.1, 0.15) is 122 Å². The zero-order chi connectivity index (χ0) is 61.9. The van der Waals surface area contributed by atoms with Crippen molar-refractivity contribution in [1.82, 2.24) is 0 Å². The van der Waals surface area contributed by atoms with Gasteiger partial charge in [-0.2, -0.15) is 0 Å². The number of fused-ring (bicyclic) bond motifs is 19. The van der Waals surface area contributed by atoms with Gasteiger partial charge < -0.3 is 4.42 Å². The lowest BCUT2D eigenvalue weighted by Crippen LogP contribution is -2.29. The molecule has 0 radical (unpaired) electrons. The number of hydrogen-bond donors (Lipinski definition) is 0. The zero-order valence-corrected chi connectivity index (χ0v) is 53.3. The third-order valence-electron chi connectivity index (χ3n) is 23.0. The van der Waals surface area contributed by atoms with Crippen LogP contribution in [0.4, 0.5) is 0 Å². The molecule has 0 atom stereocenters. The van der Waals surface area contributed by atoms with Crippen molar-refractivity contribution in [2.45, 2.75) is 82.5 Å². The molecule has 0 aliphatic heterocycles. The Balaban J connectivity index is 0.999. The van der Waals surface area contributed by atoms with E-state index < -0.39 is 5.41 Å². The molecule has 0 saturated carbocycles. The number of hydrogen-bond acceptors (Lipinski definition) is 1. The number of benzene rings is 13. The van der Waals surface area contributed by atoms with Crippen LogP contribution in [0, 0.1) is 0 Å². The largest absolute Gasteiger partial charge is 0.456 e. The first-order valence-electron chi connectivity index (χ1n) is 33.0. The molecule has 1 aromatic heterocycles. The minimum absolute atomic E-state index is 0.196. The maximum absolute atomic E-state index is 6.93. The summed E-state index contributed by atoms with van der Waals surface area (Å²) in [7, 11) is 0. The normalized spacial score (nSPS) is 16.0. The first-order valence-corrected chi connectivity index (χ1v) is 33.0. The maximum atomic E-state index is 6.93. The minimum Gasteiger partial charge on any atom is -0.456 e. The second-order valence-corrected chi connectivity index (χ2v) is 28.9. The number of para-hydroxylation sites is 1. The lowest BCUT2D eigenvalue weighted by atomic mass is 9.65. The van der Waals surface area contributed by atoms with Crippen molar-refractivity contribution in [3.63, 3.8) is 0 Å². The first-order chi connectivity index (χ1) is 44.7. The third kappa shape index (κ3) is 6.83. The molecular weight excluding hydrogens is 1110 g/mol. The lowest BCUT2D eigenvalue weighted by Gasteiger charge is -2.36. The number of rotatable bonds is 6. The van der Waals surface area contributed by atoms with Crippen molar-refractivity contribution in [2.75, 3.05) is 0 Å². The summed E-state index contributed by atoms with van der Waals surface area (Å²) in [4.78, 5) is 0. The van der Waals surface area contributed by atoms with Gasteiger partial charge in [0, 0.05) is 32.4 Å². The quantitative estimate of drug-likeness (QED) is 0.162. The van der Waals surface area contributed by atoms with Crippen LogP contribution in [0.15, 0.2) is 271 Å². The molecule has 1 nitrogen and oxygen atoms in total. The Bertz CT molecular complexity index is 5080. The van der Waals surface area contributed by atoms with Crippen LogP contribution in [-0.4, -0.2) is 0 Å². The molecule has 1 heterocycles. The van der Waals surface area contributed by atoms with Crippen molar-refractivity contribution < 1.29 is 4.42 Å². The van der Waals surface area contributed by atoms with E-state index in [4.69, 9.17) is 4.42 Å². The summed E-state index contributed by atoms with van der Waals surface area (Å²) in [6, 6.07) is 103. The van der Waals surface area contributed by atoms with Crippen molar-refractivity contribution in [2.24, 2.45) is 0 Å². The highest BCUT2D eigenvalue weighted by Crippen LogP contribution is 2.63. The molecule has 0 unspecified atom stereocenters. The fourth-order valence-corrected chi connectivity index (χ4v) is 18.7. The molecule has 14 aromatic rings. The molecular formula is C91H68O. The van der Waals surface area contributed by atoms with Gasteiger partial charge in [-0.05, 0) is 215 Å². The van der Waals surface area contributed by atoms with Gasteiger partial charge in [0.15, 0.2) is 0 Å². The highest BCUT2D eigenvalue weighted by Gasteiger charge is 2.50. The molecule has 438 valence electrons. The summed E-state index contributed by atoms with van der Waals surface area (Å²) >= 11 is 0. The van der Waals surface area contributed by atoms with Gasteiger partial charge in [-0.3, -0.25) is 0 Å². The topological polar surface area (TPSA) is 13.1 Å². The highest BCUT2D eigenvalue weighted by atomic mass is 16.3. The molecule has 5 aliphatic carbocycles. The molecule has 1 heteroatoms. The zero-order valence-electron chi connectivity index (χ0n) is 53.3. The van der Waals surface area contributed by atoms with Crippen molar-refractivity contribution >= 4 is 21.9 Å². The maximum Gasteiger partial charge on any atom is 0.136 e. The molecule has 19 rings (SSSR count). The second kappa shape index (κ2) is 18.4. The Hall–Kier alpha value is -10.3. The summed E-state index contributed by atoms with van der Waals surface area (Å²) in [5, 5.41) is 2.28. The Kier molecular flexibility index (Phi) is 10.7. The molecule has 13 aromatic carbocycles. The molecule has 0 saturated heterocycles. The second-order valence-electron chi connectivity index (χ2n) is 28.9. The lowest BCUT2D eigenvalue weighted by molar-refractivity contribution is 0.660. The molecule has 0 amide bonds. The van der Waals surface area contributed by atoms with Gasteiger partial charge in [0.1, 0.15) is 11.2 Å². The average Bonchev–Trinajstić information content (AvgIpc) is 1.51. The number of furan rings is 1. The molecule has 0 bridgehead atoms. The van der Waals surface area contributed by atoms with Gasteiger partial charge in [-0.15, -0.1) is 0 Å². The minimum atomic E-state index is -0.914. The fourth-order valence-electron chi connectivity index (χ4n) is 18.7. The van der Waals surface area contributed by atoms with Gasteiger partial charge >= 0.3 is 0 Å². The van der Waals surface area contributed by atoms with E-state index in [0.717, 1.165) is 21.9 Å². The van der Waals surface area contributed by atoms with E-state index in [9.17, 15) is 0 Å². The first kappa shape index (κ1) is 53.5. The fraction of sp³-hybridized carbons (Fsp3) is 0.143. The van der Waals surface area contributed by atoms with Crippen LogP contribution in [0.3, 0.4) is 0 Å². The van der Waals surface area contributed by atoms with Crippen LogP contribution in [-0.2, 0) is 27.1 Å². The van der Waals surface area contributed by atoms with Gasteiger partial charge in [0.25, 0.3) is 0 Å². The van der Waals surface area contributed by atoms with E-state index in [-0.39, 0.29) is 21.7 Å². The molecule has 0 fully saturated rings. The standard InChI is InChI=1S/C91H68O/c1-87(2)69-35-15-9-25-63(69)81-59(31-21-40-74(81)87)53-47-54(60-32-22-41-75-82(60)64-26-10-16-36-70(64)88(75,3)4)50-57(49-53)91(73-39-19-13-29-67(73)85-78(91)45-46-80-86(85)68-30-14-20-44-79(68)92-80)58-51-55(61-33-23-42-76-83(61)65-27-11-17-37-71(65)89(76,5)6)48-56(52-58)62-34-24-43-77-84(62)66-28-12-18-38-72(66)90(77,7)8/h9-52H,1-8H3. The molecule has 92 heavy (non-hydrogen) atoms. The van der Waals surface area contributed by atoms with Crippen molar-refractivity contribution in [3.8, 4) is 100 Å². The van der Waals surface area contributed by atoms with Gasteiger partial charge in [0.05, 0.1) is 5.41 Å². The van der Waals surface area contributed by atoms with Gasteiger partial charge in [-0.25, -0.2) is 0 Å². The van der Waals surface area contributed by atoms with E-state index >= 15 is 0 Å². The Labute approximate surface area is 539 Å². The van der Waals surface area contributed by atoms with Crippen LogP contribution in [0.2, 0.25) is 0 Å². The van der Waals surface area contributed by atoms with Crippen LogP contribution < -0.4 is 0 Å². The molecule has 0 N–H and O–H groups in total. The molecule has 0 spiro atoms. The summed E-state index contributed by atoms with van der Waals surface area (Å²) in [6.45, 7) is 19.3. The predicted molar refractivity (Wildman–Crippen MR) is 383 cm³/mol. The van der Waals surface area contributed by atoms with Crippen LogP contribution in [0.5, 0.6) is 0 Å². The molecule has 5 aliphatic rings. The predicted octanol–water partition coefficient (Wildman–Crippen LogP) is 23.8. The Morgan fingerprint density at radius 2 is 0.511 bits per heavy atom. The Morgan fingerprint density at radius 3 is 0.880 bits per heavy atom. The van der Waals surface area contributed by atoms with Crippen molar-refractivity contribution in [3.05, 3.63) is 334 Å². The van der Waals surface area contributed by atoms with Gasteiger partial charge in [0.2, 0.25) is 0 Å². The Morgan fingerprint density at radius 1 is 0.217 bits per heavy atom. The van der Waals surface area contributed by atoms with E-state index in [2.05, 4.69) is 322 Å². The van der Waals surface area contributed by atoms with E-state index in [1.54, 1.807) is 0 Å². The summed E-state index contributed by atoms with van der Waals surface area (Å²) in [5.41, 5.74) is 38.6. The van der Waals surface area contributed by atoms with Crippen molar-refractivity contribution in [1.29, 1.82) is 0 Å². The van der Waals surface area contributed by atoms with E-state index in [1.807, 2.05) is 0 Å². The average molecular weight is 1180 g/mol. The summed E-state index contributed by atoms with van der Waals surface area (Å²) < 4.78 is 6.93. The van der Waals surface area contributed by atoms with Crippen LogP contribution in [0.25, 0.3) is 122 Å². The summed E-state index contributed by atoms with van der Waals surface area (Å²) in [5.74, 6) is 0. The van der Waals surface area contributed by atoms with Gasteiger partial charge in [-0.1, -0.05) is 274 Å². The van der Waals surface area contributed by atoms with Crippen LogP contribution >= 0.6 is 0 Å². The smallest absolute Gasteiger partial charge is 0.136 e. The van der Waals surface area contributed by atoms with E-state index in [1.165, 1.54) is 167 Å². The SMILES string of the molecule is CC1(C)c2ccccc2-c2c(-c3cc(-c4cccc5c4-c4ccccc4C5(C)C)cc(C4(c5cc(-c6cccc7c6-c6ccccc6C7(C)C)cc(-c6cccc7c6-c6ccccc6C7(C)C)c5)c5ccccc5-c5c4ccc4oc6ccccc6c54)c3)cccc21. The highest BCUT2D eigenvalue weighted by molar-refractivity contribution is 6.16. The monoisotopic (exact) mass is 1180 g/mol. The third-order valence-corrected chi connectivity index (χ3v) is 23.0. The van der Waals surface area contributed by atoms with E-state index in [0.29, 0.717) is 0 Å².